The van der Waals surface area contributed by atoms with Crippen molar-refractivity contribution in [2.24, 2.45) is 0 Å². The molecule has 0 aromatic carbocycles. The number of carbonyl (C=O) groups excluding carboxylic acids is 2. The first-order valence-corrected chi connectivity index (χ1v) is 6.50. The van der Waals surface area contributed by atoms with Crippen molar-refractivity contribution < 1.29 is 14.0 Å². The van der Waals surface area contributed by atoms with Crippen molar-refractivity contribution in [2.75, 3.05) is 26.2 Å². The first-order valence-electron chi connectivity index (χ1n) is 6.50. The van der Waals surface area contributed by atoms with Gasteiger partial charge in [0.2, 0.25) is 5.91 Å². The predicted molar refractivity (Wildman–Crippen MR) is 77.0 cm³/mol. The normalized spacial score (nSPS) is 18.2. The van der Waals surface area contributed by atoms with E-state index in [1.165, 1.54) is 6.26 Å². The van der Waals surface area contributed by atoms with Crippen LogP contribution in [0.4, 0.5) is 0 Å². The quantitative estimate of drug-likeness (QED) is 0.856. The van der Waals surface area contributed by atoms with Gasteiger partial charge in [-0.15, -0.1) is 12.4 Å². The zero-order valence-electron chi connectivity index (χ0n) is 11.4. The van der Waals surface area contributed by atoms with Gasteiger partial charge < -0.3 is 20.0 Å². The second kappa shape index (κ2) is 7.91. The van der Waals surface area contributed by atoms with Crippen LogP contribution in [0.2, 0.25) is 0 Å². The molecule has 1 aromatic rings. The third kappa shape index (κ3) is 4.25. The largest absolute Gasteiger partial charge is 0.459 e. The van der Waals surface area contributed by atoms with Crippen molar-refractivity contribution >= 4 is 24.2 Å². The number of hydrogen-bond donors (Lipinski definition) is 2. The monoisotopic (exact) mass is 301 g/mol. The maximum Gasteiger partial charge on any atom is 0.286 e. The second-order valence-electron chi connectivity index (χ2n) is 4.62. The Labute approximate surface area is 124 Å². The summed E-state index contributed by atoms with van der Waals surface area (Å²) in [5, 5.41) is 5.91. The van der Waals surface area contributed by atoms with E-state index in [-0.39, 0.29) is 36.0 Å². The molecule has 1 unspecified atom stereocenters. The van der Waals surface area contributed by atoms with Crippen LogP contribution in [0.5, 0.6) is 0 Å². The molecule has 0 radical (unpaired) electrons. The van der Waals surface area contributed by atoms with Gasteiger partial charge in [0.05, 0.1) is 6.26 Å². The van der Waals surface area contributed by atoms with Gasteiger partial charge in [0.25, 0.3) is 5.91 Å². The lowest BCUT2D eigenvalue weighted by Crippen LogP contribution is -2.52. The Morgan fingerprint density at radius 3 is 3.00 bits per heavy atom. The van der Waals surface area contributed by atoms with Crippen molar-refractivity contribution in [3.05, 3.63) is 24.2 Å². The number of hydrogen-bond acceptors (Lipinski definition) is 4. The van der Waals surface area contributed by atoms with Gasteiger partial charge in [0, 0.05) is 38.6 Å². The lowest BCUT2D eigenvalue weighted by Gasteiger charge is -2.34. The van der Waals surface area contributed by atoms with Crippen LogP contribution in [0.1, 0.15) is 23.9 Å². The van der Waals surface area contributed by atoms with Gasteiger partial charge in [-0.2, -0.15) is 0 Å². The van der Waals surface area contributed by atoms with Gasteiger partial charge >= 0.3 is 0 Å². The summed E-state index contributed by atoms with van der Waals surface area (Å²) in [6.45, 7) is 4.73. The van der Waals surface area contributed by atoms with Crippen LogP contribution in [-0.4, -0.2) is 48.9 Å². The van der Waals surface area contributed by atoms with Crippen LogP contribution in [0.15, 0.2) is 22.8 Å². The smallest absolute Gasteiger partial charge is 0.286 e. The Kier molecular flexibility index (Phi) is 6.54. The lowest BCUT2D eigenvalue weighted by molar-refractivity contribution is -0.133. The highest BCUT2D eigenvalue weighted by Gasteiger charge is 2.22. The average molecular weight is 302 g/mol. The standard InChI is InChI=1S/C13H19N3O3.ClH/c1-10-9-14-6-7-16(10)12(17)4-5-15-13(18)11-3-2-8-19-11;/h2-3,8,10,14H,4-7,9H2,1H3,(H,15,18);1H. The van der Waals surface area contributed by atoms with E-state index in [9.17, 15) is 9.59 Å². The van der Waals surface area contributed by atoms with Crippen LogP contribution in [0.3, 0.4) is 0 Å². The molecule has 0 saturated carbocycles. The van der Waals surface area contributed by atoms with Crippen LogP contribution >= 0.6 is 12.4 Å². The third-order valence-electron chi connectivity index (χ3n) is 3.19. The van der Waals surface area contributed by atoms with Gasteiger partial charge in [-0.3, -0.25) is 9.59 Å². The molecule has 1 aliphatic heterocycles. The summed E-state index contributed by atoms with van der Waals surface area (Å²) in [6.07, 6.45) is 1.76. The fourth-order valence-electron chi connectivity index (χ4n) is 2.13. The highest BCUT2D eigenvalue weighted by molar-refractivity contribution is 5.91. The van der Waals surface area contributed by atoms with E-state index in [2.05, 4.69) is 10.6 Å². The highest BCUT2D eigenvalue weighted by Crippen LogP contribution is 2.05. The fraction of sp³-hybridized carbons (Fsp3) is 0.538. The van der Waals surface area contributed by atoms with E-state index < -0.39 is 0 Å². The van der Waals surface area contributed by atoms with Gasteiger partial charge in [-0.1, -0.05) is 0 Å². The molecule has 0 bridgehead atoms. The maximum absolute atomic E-state index is 12.0. The molecule has 1 aliphatic rings. The molecule has 2 rings (SSSR count). The van der Waals surface area contributed by atoms with Crippen molar-refractivity contribution in [3.63, 3.8) is 0 Å². The lowest BCUT2D eigenvalue weighted by atomic mass is 10.2. The van der Waals surface area contributed by atoms with E-state index in [1.54, 1.807) is 12.1 Å². The molecular formula is C13H20ClN3O3. The Morgan fingerprint density at radius 2 is 2.35 bits per heavy atom. The summed E-state index contributed by atoms with van der Waals surface area (Å²) in [5.41, 5.74) is 0. The number of halogens is 1. The van der Waals surface area contributed by atoms with E-state index in [4.69, 9.17) is 4.42 Å². The first kappa shape index (κ1) is 16.5. The molecule has 1 atom stereocenters. The Balaban J connectivity index is 0.00000200. The van der Waals surface area contributed by atoms with Crippen molar-refractivity contribution in [3.8, 4) is 0 Å². The van der Waals surface area contributed by atoms with Crippen molar-refractivity contribution in [1.29, 1.82) is 0 Å². The minimum absolute atomic E-state index is 0. The average Bonchev–Trinajstić information content (AvgIpc) is 2.93. The molecule has 1 saturated heterocycles. The number of nitrogens with zero attached hydrogens (tertiary/aromatic N) is 1. The highest BCUT2D eigenvalue weighted by atomic mass is 35.5. The minimum atomic E-state index is -0.286. The first-order chi connectivity index (χ1) is 9.18. The predicted octanol–water partition coefficient (Wildman–Crippen LogP) is 0.642. The molecule has 2 amide bonds. The topological polar surface area (TPSA) is 74.6 Å². The summed E-state index contributed by atoms with van der Waals surface area (Å²) in [6, 6.07) is 3.46. The van der Waals surface area contributed by atoms with Gasteiger partial charge in [0.15, 0.2) is 5.76 Å². The summed E-state index contributed by atoms with van der Waals surface area (Å²) < 4.78 is 4.97. The van der Waals surface area contributed by atoms with Gasteiger partial charge in [-0.25, -0.2) is 0 Å². The van der Waals surface area contributed by atoms with Crippen LogP contribution in [0, 0.1) is 0 Å². The number of rotatable bonds is 4. The van der Waals surface area contributed by atoms with Crippen LogP contribution in [0.25, 0.3) is 0 Å². The summed E-state index contributed by atoms with van der Waals surface area (Å²) in [5.74, 6) is 0.0582. The number of piperazine rings is 1. The van der Waals surface area contributed by atoms with E-state index in [0.29, 0.717) is 13.0 Å². The minimum Gasteiger partial charge on any atom is -0.459 e. The fourth-order valence-corrected chi connectivity index (χ4v) is 2.13. The SMILES string of the molecule is CC1CNCCN1C(=O)CCNC(=O)c1ccco1.Cl. The molecule has 1 fully saturated rings. The van der Waals surface area contributed by atoms with Crippen LogP contribution in [-0.2, 0) is 4.79 Å². The van der Waals surface area contributed by atoms with E-state index in [0.717, 1.165) is 19.6 Å². The van der Waals surface area contributed by atoms with Crippen molar-refractivity contribution in [2.45, 2.75) is 19.4 Å². The molecule has 0 aliphatic carbocycles. The number of amides is 2. The molecule has 2 heterocycles. The van der Waals surface area contributed by atoms with E-state index in [1.807, 2.05) is 11.8 Å². The maximum atomic E-state index is 12.0. The Morgan fingerprint density at radius 1 is 1.55 bits per heavy atom. The number of nitrogens with one attached hydrogen (secondary N) is 2. The van der Waals surface area contributed by atoms with Gasteiger partial charge in [0.1, 0.15) is 0 Å². The van der Waals surface area contributed by atoms with E-state index >= 15 is 0 Å². The molecule has 0 spiro atoms. The molecule has 6 nitrogen and oxygen atoms in total. The summed E-state index contributed by atoms with van der Waals surface area (Å²) >= 11 is 0. The molecule has 7 heteroatoms. The Hall–Kier alpha value is -1.53. The summed E-state index contributed by atoms with van der Waals surface area (Å²) in [7, 11) is 0. The molecule has 1 aromatic heterocycles. The second-order valence-corrected chi connectivity index (χ2v) is 4.62. The molecule has 2 N–H and O–H groups in total. The molecule has 20 heavy (non-hydrogen) atoms. The summed E-state index contributed by atoms with van der Waals surface area (Å²) in [4.78, 5) is 25.4. The zero-order chi connectivity index (χ0) is 13.7. The number of furan rings is 1. The van der Waals surface area contributed by atoms with Crippen molar-refractivity contribution in [1.82, 2.24) is 15.5 Å². The third-order valence-corrected chi connectivity index (χ3v) is 3.19. The molecular weight excluding hydrogens is 282 g/mol. The van der Waals surface area contributed by atoms with Crippen LogP contribution < -0.4 is 10.6 Å². The van der Waals surface area contributed by atoms with Gasteiger partial charge in [-0.05, 0) is 19.1 Å². The number of carbonyl (C=O) groups is 2. The Bertz CT molecular complexity index is 436. The zero-order valence-corrected chi connectivity index (χ0v) is 12.2. The molecule has 112 valence electrons.